The lowest BCUT2D eigenvalue weighted by molar-refractivity contribution is -0.132. The first-order valence-corrected chi connectivity index (χ1v) is 9.19. The third kappa shape index (κ3) is 4.11. The standard InChI is InChI=1S/C19H13Br2NO4/c1-10-3-5-12(6-4-10)18-22-16(19(24)26-18)8-13-7-14(20)9-15(21)17(13)25-11(2)23/h3-9H,1-2H3/b16-8-. The fraction of sp³-hybridized carbons (Fsp3) is 0.105. The molecule has 132 valence electrons. The summed E-state index contributed by atoms with van der Waals surface area (Å²) in [6.07, 6.45) is 1.53. The number of nitrogens with zero attached hydrogens (tertiary/aromatic N) is 1. The summed E-state index contributed by atoms with van der Waals surface area (Å²) in [6.45, 7) is 3.28. The molecule has 0 radical (unpaired) electrons. The van der Waals surface area contributed by atoms with Crippen molar-refractivity contribution in [2.24, 2.45) is 4.99 Å². The van der Waals surface area contributed by atoms with Crippen molar-refractivity contribution in [1.29, 1.82) is 0 Å². The third-order valence-electron chi connectivity index (χ3n) is 3.49. The fourth-order valence-corrected chi connectivity index (χ4v) is 3.65. The van der Waals surface area contributed by atoms with E-state index in [9.17, 15) is 9.59 Å². The molecule has 0 N–H and O–H groups in total. The van der Waals surface area contributed by atoms with Gasteiger partial charge in [-0.15, -0.1) is 0 Å². The average Bonchev–Trinajstić information content (AvgIpc) is 2.92. The van der Waals surface area contributed by atoms with Gasteiger partial charge in [-0.1, -0.05) is 33.6 Å². The highest BCUT2D eigenvalue weighted by atomic mass is 79.9. The molecule has 2 aromatic rings. The van der Waals surface area contributed by atoms with Crippen LogP contribution < -0.4 is 4.74 Å². The maximum Gasteiger partial charge on any atom is 0.363 e. The third-order valence-corrected chi connectivity index (χ3v) is 4.54. The Morgan fingerprint density at radius 2 is 1.88 bits per heavy atom. The summed E-state index contributed by atoms with van der Waals surface area (Å²) in [5.41, 5.74) is 2.45. The molecule has 1 aliphatic heterocycles. The molecule has 0 amide bonds. The second-order valence-electron chi connectivity index (χ2n) is 5.60. The van der Waals surface area contributed by atoms with E-state index >= 15 is 0 Å². The highest BCUT2D eigenvalue weighted by Gasteiger charge is 2.25. The second kappa shape index (κ2) is 7.55. The van der Waals surface area contributed by atoms with Crippen molar-refractivity contribution in [2.45, 2.75) is 13.8 Å². The Hall–Kier alpha value is -2.25. The molecule has 0 atom stereocenters. The minimum absolute atomic E-state index is 0.124. The quantitative estimate of drug-likeness (QED) is 0.361. The van der Waals surface area contributed by atoms with E-state index in [-0.39, 0.29) is 11.6 Å². The predicted molar refractivity (Wildman–Crippen MR) is 105 cm³/mol. The van der Waals surface area contributed by atoms with Crippen molar-refractivity contribution in [3.8, 4) is 5.75 Å². The molecule has 3 rings (SSSR count). The van der Waals surface area contributed by atoms with Crippen LogP contribution in [0.3, 0.4) is 0 Å². The summed E-state index contributed by atoms with van der Waals surface area (Å²) in [6, 6.07) is 11.0. The molecule has 26 heavy (non-hydrogen) atoms. The van der Waals surface area contributed by atoms with Gasteiger partial charge in [0.25, 0.3) is 0 Å². The van der Waals surface area contributed by atoms with Gasteiger partial charge in [-0.25, -0.2) is 9.79 Å². The fourth-order valence-electron chi connectivity index (χ4n) is 2.31. The predicted octanol–water partition coefficient (Wildman–Crippen LogP) is 4.79. The molecule has 0 unspecified atom stereocenters. The molecule has 1 heterocycles. The zero-order valence-electron chi connectivity index (χ0n) is 13.9. The van der Waals surface area contributed by atoms with Gasteiger partial charge >= 0.3 is 11.9 Å². The number of aryl methyl sites for hydroxylation is 1. The van der Waals surface area contributed by atoms with E-state index in [1.54, 1.807) is 12.1 Å². The van der Waals surface area contributed by atoms with E-state index in [2.05, 4.69) is 36.9 Å². The number of rotatable bonds is 3. The first kappa shape index (κ1) is 18.5. The topological polar surface area (TPSA) is 65.0 Å². The van der Waals surface area contributed by atoms with Gasteiger partial charge in [-0.3, -0.25) is 4.79 Å². The van der Waals surface area contributed by atoms with Crippen LogP contribution in [0.5, 0.6) is 5.75 Å². The summed E-state index contributed by atoms with van der Waals surface area (Å²) < 4.78 is 11.8. The Bertz CT molecular complexity index is 962. The van der Waals surface area contributed by atoms with Gasteiger partial charge in [0.1, 0.15) is 0 Å². The largest absolute Gasteiger partial charge is 0.425 e. The van der Waals surface area contributed by atoms with Gasteiger partial charge in [0, 0.05) is 22.5 Å². The molecule has 0 saturated heterocycles. The minimum Gasteiger partial charge on any atom is -0.425 e. The number of aliphatic imine (C=N–C) groups is 1. The summed E-state index contributed by atoms with van der Waals surface area (Å²) in [5, 5.41) is 0. The van der Waals surface area contributed by atoms with Crippen LogP contribution in [-0.2, 0) is 14.3 Å². The minimum atomic E-state index is -0.564. The van der Waals surface area contributed by atoms with Gasteiger partial charge in [0.05, 0.1) is 4.47 Å². The number of cyclic esters (lactones) is 1. The zero-order valence-corrected chi connectivity index (χ0v) is 17.0. The number of esters is 2. The Labute approximate surface area is 167 Å². The monoisotopic (exact) mass is 477 g/mol. The molecule has 2 aromatic carbocycles. The Balaban J connectivity index is 2.03. The SMILES string of the molecule is CC(=O)Oc1c(Br)cc(Br)cc1/C=C1\N=C(c2ccc(C)cc2)OC1=O. The lowest BCUT2D eigenvalue weighted by atomic mass is 10.1. The van der Waals surface area contributed by atoms with Crippen molar-refractivity contribution >= 4 is 55.8 Å². The average molecular weight is 479 g/mol. The van der Waals surface area contributed by atoms with Gasteiger partial charge in [0.2, 0.25) is 5.90 Å². The van der Waals surface area contributed by atoms with Crippen LogP contribution in [0.2, 0.25) is 0 Å². The van der Waals surface area contributed by atoms with E-state index in [4.69, 9.17) is 9.47 Å². The molecule has 1 aliphatic rings. The lowest BCUT2D eigenvalue weighted by Gasteiger charge is -2.09. The van der Waals surface area contributed by atoms with Crippen LogP contribution in [0.15, 0.2) is 56.0 Å². The van der Waals surface area contributed by atoms with Crippen molar-refractivity contribution in [3.63, 3.8) is 0 Å². The number of hydrogen-bond acceptors (Lipinski definition) is 5. The molecule has 0 aromatic heterocycles. The molecule has 0 spiro atoms. The smallest absolute Gasteiger partial charge is 0.363 e. The normalized spacial score (nSPS) is 15.0. The summed E-state index contributed by atoms with van der Waals surface area (Å²) in [5.74, 6) is -0.486. The number of carbonyl (C=O) groups is 2. The number of benzene rings is 2. The van der Waals surface area contributed by atoms with E-state index in [1.807, 2.05) is 31.2 Å². The molecule has 0 fully saturated rings. The molecule has 0 aliphatic carbocycles. The maximum absolute atomic E-state index is 12.2. The number of carbonyl (C=O) groups excluding carboxylic acids is 2. The maximum atomic E-state index is 12.2. The second-order valence-corrected chi connectivity index (χ2v) is 7.37. The van der Waals surface area contributed by atoms with E-state index in [0.717, 1.165) is 10.0 Å². The Kier molecular flexibility index (Phi) is 5.38. The molecule has 7 heteroatoms. The van der Waals surface area contributed by atoms with Crippen molar-refractivity contribution in [1.82, 2.24) is 0 Å². The number of halogens is 2. The van der Waals surface area contributed by atoms with Gasteiger partial charge in [-0.2, -0.15) is 0 Å². The lowest BCUT2D eigenvalue weighted by Crippen LogP contribution is -2.06. The van der Waals surface area contributed by atoms with Crippen LogP contribution in [0.1, 0.15) is 23.6 Å². The molecule has 0 saturated carbocycles. The van der Waals surface area contributed by atoms with Gasteiger partial charge in [0.15, 0.2) is 11.4 Å². The first-order chi connectivity index (χ1) is 12.3. The van der Waals surface area contributed by atoms with Crippen LogP contribution in [0.4, 0.5) is 0 Å². The Morgan fingerprint density at radius 3 is 2.54 bits per heavy atom. The molecular weight excluding hydrogens is 466 g/mol. The summed E-state index contributed by atoms with van der Waals surface area (Å²) >= 11 is 6.74. The van der Waals surface area contributed by atoms with Crippen LogP contribution in [-0.4, -0.2) is 17.8 Å². The first-order valence-electron chi connectivity index (χ1n) is 7.60. The van der Waals surface area contributed by atoms with Crippen LogP contribution in [0.25, 0.3) is 6.08 Å². The van der Waals surface area contributed by atoms with E-state index in [0.29, 0.717) is 21.3 Å². The van der Waals surface area contributed by atoms with E-state index in [1.165, 1.54) is 13.0 Å². The van der Waals surface area contributed by atoms with E-state index < -0.39 is 11.9 Å². The highest BCUT2D eigenvalue weighted by molar-refractivity contribution is 9.11. The Morgan fingerprint density at radius 1 is 1.19 bits per heavy atom. The number of ether oxygens (including phenoxy) is 2. The van der Waals surface area contributed by atoms with Gasteiger partial charge in [-0.05, 0) is 53.2 Å². The highest BCUT2D eigenvalue weighted by Crippen LogP contribution is 2.35. The van der Waals surface area contributed by atoms with Crippen LogP contribution >= 0.6 is 31.9 Å². The van der Waals surface area contributed by atoms with Crippen molar-refractivity contribution in [3.05, 3.63) is 67.7 Å². The zero-order chi connectivity index (χ0) is 18.8. The summed E-state index contributed by atoms with van der Waals surface area (Å²) in [4.78, 5) is 27.8. The number of hydrogen-bond donors (Lipinski definition) is 0. The van der Waals surface area contributed by atoms with Gasteiger partial charge < -0.3 is 9.47 Å². The summed E-state index contributed by atoms with van der Waals surface area (Å²) in [7, 11) is 0. The molecule has 0 bridgehead atoms. The molecular formula is C19H13Br2NO4. The van der Waals surface area contributed by atoms with Crippen molar-refractivity contribution < 1.29 is 19.1 Å². The van der Waals surface area contributed by atoms with Crippen molar-refractivity contribution in [2.75, 3.05) is 0 Å². The van der Waals surface area contributed by atoms with Crippen LogP contribution in [0, 0.1) is 6.92 Å². The molecule has 5 nitrogen and oxygen atoms in total.